The Kier molecular flexibility index (Phi) is 16.1. The number of carbonyl (C=O) groups is 1. The summed E-state index contributed by atoms with van der Waals surface area (Å²) in [6.07, 6.45) is -2.33. The molecule has 0 fully saturated rings. The summed E-state index contributed by atoms with van der Waals surface area (Å²) in [5.74, 6) is 1.35. The van der Waals surface area contributed by atoms with Crippen molar-refractivity contribution in [3.8, 4) is 11.5 Å². The number of hydrogen-bond acceptors (Lipinski definition) is 5. The zero-order chi connectivity index (χ0) is 12.1. The summed E-state index contributed by atoms with van der Waals surface area (Å²) in [6, 6.07) is 3.63. The van der Waals surface area contributed by atoms with Gasteiger partial charge in [0.15, 0.2) is 11.5 Å². The molecule has 0 N–H and O–H groups in total. The fraction of sp³-hybridized carbons (Fsp3) is 0.222. The van der Waals surface area contributed by atoms with Gasteiger partial charge in [0, 0.05) is 4.47 Å². The van der Waals surface area contributed by atoms with Gasteiger partial charge in [0.25, 0.3) is 0 Å². The second kappa shape index (κ2) is 12.5. The molecule has 0 bridgehead atoms. The molecule has 0 unspecified atom stereocenters. The van der Waals surface area contributed by atoms with E-state index in [1.165, 1.54) is 0 Å². The molecule has 1 aromatic rings. The van der Waals surface area contributed by atoms with Gasteiger partial charge in [0.05, 0.1) is 5.02 Å². The first-order valence-electron chi connectivity index (χ1n) is 4.13. The number of fused-ring (bicyclic) bond motifs is 1. The summed E-state index contributed by atoms with van der Waals surface area (Å²) in [4.78, 5) is 8.33. The van der Waals surface area contributed by atoms with E-state index < -0.39 is 6.16 Å². The number of halogens is 2. The van der Waals surface area contributed by atoms with Gasteiger partial charge < -0.3 is 24.5 Å². The van der Waals surface area contributed by atoms with E-state index in [1.54, 1.807) is 6.07 Å². The molecule has 1 aromatic carbocycles. The average Bonchev–Trinajstić information content (AvgIpc) is 2.16. The molecule has 0 radical (unpaired) electrons. The zero-order valence-corrected chi connectivity index (χ0v) is 24.8. The maximum atomic E-state index is 8.33. The van der Waals surface area contributed by atoms with E-state index in [0.717, 1.165) is 4.47 Å². The Labute approximate surface area is 235 Å². The minimum atomic E-state index is -2.33. The monoisotopic (exact) mass is 574 g/mol. The predicted octanol–water partition coefficient (Wildman–Crippen LogP) is -5.57. The molecular formula is C9H6BrClCs2O5. The van der Waals surface area contributed by atoms with Crippen LogP contribution in [-0.4, -0.2) is 19.4 Å². The van der Waals surface area contributed by atoms with Crippen LogP contribution in [0.4, 0.5) is 4.79 Å². The minimum Gasteiger partial charge on any atom is -0.652 e. The Morgan fingerprint density at radius 1 is 1.22 bits per heavy atom. The standard InChI is InChI=1S/C8H6BrClO2.CH2O3.2Cs/c9-5-3-6(10)8-7(4-5)11-1-2-12-8;2-1(3)4;;/h3-4H,1-2H2;(H2,2,3,4);;/q;;2*+1/p-2. The molecule has 1 aliphatic heterocycles. The Morgan fingerprint density at radius 2 is 1.72 bits per heavy atom. The van der Waals surface area contributed by atoms with E-state index in [-0.39, 0.29) is 138 Å². The Morgan fingerprint density at radius 3 is 2.28 bits per heavy atom. The van der Waals surface area contributed by atoms with Crippen LogP contribution in [0.15, 0.2) is 16.6 Å². The van der Waals surface area contributed by atoms with Gasteiger partial charge >= 0.3 is 138 Å². The molecule has 0 amide bonds. The summed E-state index contributed by atoms with van der Waals surface area (Å²) < 4.78 is 11.6. The van der Waals surface area contributed by atoms with Crippen LogP contribution >= 0.6 is 27.5 Å². The fourth-order valence-corrected chi connectivity index (χ4v) is 1.91. The quantitative estimate of drug-likeness (QED) is 0.309. The first-order valence-corrected chi connectivity index (χ1v) is 5.30. The summed E-state index contributed by atoms with van der Waals surface area (Å²) in [6.45, 7) is 1.15. The van der Waals surface area contributed by atoms with Gasteiger partial charge in [0.2, 0.25) is 0 Å². The van der Waals surface area contributed by atoms with Crippen molar-refractivity contribution in [3.63, 3.8) is 0 Å². The summed E-state index contributed by atoms with van der Waals surface area (Å²) >= 11 is 9.23. The fourth-order valence-electron chi connectivity index (χ4n) is 1.08. The van der Waals surface area contributed by atoms with E-state index in [4.69, 9.17) is 36.1 Å². The molecule has 1 heterocycles. The number of benzene rings is 1. The second-order valence-corrected chi connectivity index (χ2v) is 3.98. The van der Waals surface area contributed by atoms with E-state index >= 15 is 0 Å². The molecule has 2 rings (SSSR count). The van der Waals surface area contributed by atoms with Gasteiger partial charge in [0.1, 0.15) is 13.2 Å². The smallest absolute Gasteiger partial charge is 0.652 e. The maximum absolute atomic E-state index is 8.33. The van der Waals surface area contributed by atoms with Crippen LogP contribution in [0.1, 0.15) is 0 Å². The van der Waals surface area contributed by atoms with Gasteiger partial charge in [-0.25, -0.2) is 0 Å². The Balaban J connectivity index is 0. The largest absolute Gasteiger partial charge is 1.00 e. The van der Waals surface area contributed by atoms with Crippen molar-refractivity contribution in [2.24, 2.45) is 0 Å². The Bertz CT molecular complexity index is 401. The van der Waals surface area contributed by atoms with Crippen molar-refractivity contribution in [3.05, 3.63) is 21.6 Å². The molecule has 0 saturated carbocycles. The first kappa shape index (κ1) is 23.2. The first-order chi connectivity index (χ1) is 7.50. The van der Waals surface area contributed by atoms with Crippen molar-refractivity contribution >= 4 is 33.7 Å². The maximum Gasteiger partial charge on any atom is 1.00 e. The third kappa shape index (κ3) is 9.08. The molecule has 0 spiro atoms. The third-order valence-electron chi connectivity index (χ3n) is 1.56. The number of carboxylic acid groups (broad SMARTS) is 2. The van der Waals surface area contributed by atoms with E-state index in [0.29, 0.717) is 29.7 Å². The number of carbonyl (C=O) groups excluding carboxylic acids is 1. The normalized spacial score (nSPS) is 11.0. The van der Waals surface area contributed by atoms with Gasteiger partial charge in [-0.15, -0.1) is 0 Å². The number of rotatable bonds is 0. The number of ether oxygens (including phenoxy) is 2. The van der Waals surface area contributed by atoms with Crippen molar-refractivity contribution in [2.75, 3.05) is 13.2 Å². The van der Waals surface area contributed by atoms with Crippen LogP contribution in [0.2, 0.25) is 5.02 Å². The molecule has 0 atom stereocenters. The van der Waals surface area contributed by atoms with E-state index in [1.807, 2.05) is 6.07 Å². The van der Waals surface area contributed by atoms with E-state index in [2.05, 4.69) is 15.9 Å². The van der Waals surface area contributed by atoms with Crippen LogP contribution in [0.5, 0.6) is 11.5 Å². The van der Waals surface area contributed by atoms with Gasteiger partial charge in [-0.2, -0.15) is 0 Å². The molecule has 5 nitrogen and oxygen atoms in total. The van der Waals surface area contributed by atoms with Gasteiger partial charge in [-0.1, -0.05) is 27.5 Å². The zero-order valence-electron chi connectivity index (χ0n) is 9.87. The van der Waals surface area contributed by atoms with Crippen molar-refractivity contribution in [2.45, 2.75) is 0 Å². The molecule has 1 aliphatic rings. The molecule has 9 heteroatoms. The third-order valence-corrected chi connectivity index (χ3v) is 2.30. The molecular weight excluding hydrogens is 569 g/mol. The van der Waals surface area contributed by atoms with Crippen molar-refractivity contribution < 1.29 is 162 Å². The molecule has 0 aromatic heterocycles. The molecule has 0 saturated heterocycles. The second-order valence-electron chi connectivity index (χ2n) is 2.66. The van der Waals surface area contributed by atoms with E-state index in [9.17, 15) is 0 Å². The molecule has 0 aliphatic carbocycles. The SMILES string of the molecule is Clc1cc(Br)cc2c1OCCO2.O=C([O-])[O-].[Cs+].[Cs+]. The number of hydrogen-bond donors (Lipinski definition) is 0. The molecule has 88 valence electrons. The predicted molar refractivity (Wildman–Crippen MR) is 55.5 cm³/mol. The van der Waals surface area contributed by atoms with Gasteiger partial charge in [-0.3, -0.25) is 0 Å². The van der Waals surface area contributed by atoms with Gasteiger partial charge in [-0.05, 0) is 18.3 Å². The average molecular weight is 575 g/mol. The molecule has 18 heavy (non-hydrogen) atoms. The minimum absolute atomic E-state index is 0. The summed E-state index contributed by atoms with van der Waals surface area (Å²) in [5.41, 5.74) is 0. The van der Waals surface area contributed by atoms with Crippen LogP contribution < -0.4 is 157 Å². The topological polar surface area (TPSA) is 81.7 Å². The van der Waals surface area contributed by atoms with Crippen LogP contribution in [0, 0.1) is 0 Å². The van der Waals surface area contributed by atoms with Crippen LogP contribution in [0.3, 0.4) is 0 Å². The van der Waals surface area contributed by atoms with Crippen LogP contribution in [0.25, 0.3) is 0 Å². The van der Waals surface area contributed by atoms with Crippen molar-refractivity contribution in [1.82, 2.24) is 0 Å². The van der Waals surface area contributed by atoms with Crippen molar-refractivity contribution in [1.29, 1.82) is 0 Å². The summed E-state index contributed by atoms with van der Waals surface area (Å²) in [5, 5.41) is 17.2. The Hall–Kier alpha value is 2.96. The van der Waals surface area contributed by atoms with Crippen LogP contribution in [-0.2, 0) is 0 Å². The summed E-state index contributed by atoms with van der Waals surface area (Å²) in [7, 11) is 0.